The van der Waals surface area contributed by atoms with E-state index in [1.54, 1.807) is 13.2 Å². The fourth-order valence-electron chi connectivity index (χ4n) is 2.11. The third-order valence-corrected chi connectivity index (χ3v) is 4.18. The summed E-state index contributed by atoms with van der Waals surface area (Å²) in [5.74, 6) is 0. The van der Waals surface area contributed by atoms with Crippen molar-refractivity contribution >= 4 is 21.6 Å². The molecule has 7 heteroatoms. The lowest BCUT2D eigenvalue weighted by atomic mass is 10.3. The van der Waals surface area contributed by atoms with Crippen molar-refractivity contribution in [1.82, 2.24) is 20.0 Å². The second-order valence-electron chi connectivity index (χ2n) is 4.79. The van der Waals surface area contributed by atoms with E-state index in [9.17, 15) is 4.79 Å². The Morgan fingerprint density at radius 3 is 2.84 bits per heavy atom. The summed E-state index contributed by atoms with van der Waals surface area (Å²) in [6.07, 6.45) is 1.73. The van der Waals surface area contributed by atoms with Gasteiger partial charge in [-0.3, -0.25) is 9.69 Å². The predicted octanol–water partition coefficient (Wildman–Crippen LogP) is -0.116. The molecule has 2 heterocycles. The van der Waals surface area contributed by atoms with Crippen LogP contribution in [-0.4, -0.2) is 61.0 Å². The van der Waals surface area contributed by atoms with E-state index in [4.69, 9.17) is 0 Å². The number of halogens is 1. The number of aromatic nitrogens is 2. The lowest BCUT2D eigenvalue weighted by Gasteiger charge is -2.29. The molecule has 1 aliphatic rings. The number of likely N-dealkylation sites (N-methyl/N-ethyl adjacent to an activating group) is 1. The molecule has 1 aromatic rings. The van der Waals surface area contributed by atoms with E-state index in [0.717, 1.165) is 45.0 Å². The van der Waals surface area contributed by atoms with Crippen LogP contribution >= 0.6 is 15.9 Å². The van der Waals surface area contributed by atoms with Crippen molar-refractivity contribution in [3.8, 4) is 0 Å². The first kappa shape index (κ1) is 14.5. The number of rotatable bonds is 4. The molecule has 19 heavy (non-hydrogen) atoms. The summed E-state index contributed by atoms with van der Waals surface area (Å²) in [5, 5.41) is 7.40. The van der Waals surface area contributed by atoms with E-state index in [-0.39, 0.29) is 5.56 Å². The number of anilines is 1. The molecule has 6 nitrogen and oxygen atoms in total. The molecule has 0 radical (unpaired) electrons. The average molecular weight is 330 g/mol. The molecule has 1 aromatic heterocycles. The molecule has 106 valence electrons. The van der Waals surface area contributed by atoms with Gasteiger partial charge in [-0.15, -0.1) is 0 Å². The molecule has 2 rings (SSSR count). The molecular weight excluding hydrogens is 310 g/mol. The largest absolute Gasteiger partial charge is 0.371 e. The van der Waals surface area contributed by atoms with Gasteiger partial charge in [0.25, 0.3) is 5.56 Å². The summed E-state index contributed by atoms with van der Waals surface area (Å²) in [4.78, 5) is 16.3. The summed E-state index contributed by atoms with van der Waals surface area (Å²) in [6.45, 7) is 6.17. The Morgan fingerprint density at radius 2 is 2.16 bits per heavy atom. The summed E-state index contributed by atoms with van der Waals surface area (Å²) >= 11 is 3.36. The lowest BCUT2D eigenvalue weighted by Crippen LogP contribution is -2.46. The third-order valence-electron chi connectivity index (χ3n) is 3.43. The summed E-state index contributed by atoms with van der Waals surface area (Å²) < 4.78 is 1.91. The van der Waals surface area contributed by atoms with E-state index in [0.29, 0.717) is 4.47 Å². The molecule has 1 saturated heterocycles. The van der Waals surface area contributed by atoms with Gasteiger partial charge < -0.3 is 10.2 Å². The average Bonchev–Trinajstić information content (AvgIpc) is 2.43. The van der Waals surface area contributed by atoms with E-state index >= 15 is 0 Å². The maximum absolute atomic E-state index is 11.8. The van der Waals surface area contributed by atoms with Crippen LogP contribution in [0.25, 0.3) is 0 Å². The highest BCUT2D eigenvalue weighted by atomic mass is 79.9. The van der Waals surface area contributed by atoms with Gasteiger partial charge in [0.1, 0.15) is 4.47 Å². The molecule has 1 N–H and O–H groups in total. The van der Waals surface area contributed by atoms with Crippen LogP contribution in [0.15, 0.2) is 15.5 Å². The number of hydrogen-bond donors (Lipinski definition) is 1. The van der Waals surface area contributed by atoms with Crippen molar-refractivity contribution in [2.45, 2.75) is 0 Å². The van der Waals surface area contributed by atoms with Crippen molar-refractivity contribution in [2.75, 3.05) is 51.2 Å². The van der Waals surface area contributed by atoms with E-state index < -0.39 is 0 Å². The van der Waals surface area contributed by atoms with Gasteiger partial charge in [-0.1, -0.05) is 0 Å². The van der Waals surface area contributed by atoms with E-state index in [2.05, 4.69) is 36.1 Å². The molecule has 0 bridgehead atoms. The van der Waals surface area contributed by atoms with Crippen LogP contribution in [0.1, 0.15) is 0 Å². The SMILES string of the molecule is CN(CCN1CCNCC1)c1cnn(C)c(=O)c1Br. The number of hydrogen-bond acceptors (Lipinski definition) is 5. The van der Waals surface area contributed by atoms with Gasteiger partial charge in [0.2, 0.25) is 0 Å². The first-order valence-corrected chi connectivity index (χ1v) is 7.25. The van der Waals surface area contributed by atoms with Crippen molar-refractivity contribution in [3.63, 3.8) is 0 Å². The Hall–Kier alpha value is -0.920. The predicted molar refractivity (Wildman–Crippen MR) is 79.8 cm³/mol. The van der Waals surface area contributed by atoms with Crippen LogP contribution in [0.5, 0.6) is 0 Å². The maximum Gasteiger partial charge on any atom is 0.282 e. The van der Waals surface area contributed by atoms with Crippen LogP contribution < -0.4 is 15.8 Å². The second-order valence-corrected chi connectivity index (χ2v) is 5.58. The van der Waals surface area contributed by atoms with Crippen molar-refractivity contribution < 1.29 is 0 Å². The van der Waals surface area contributed by atoms with Crippen LogP contribution in [0.4, 0.5) is 5.69 Å². The Balaban J connectivity index is 1.97. The normalized spacial score (nSPS) is 16.6. The summed E-state index contributed by atoms with van der Waals surface area (Å²) in [7, 11) is 3.64. The number of nitrogens with one attached hydrogen (secondary N) is 1. The standard InChI is InChI=1S/C12H20BrN5O/c1-16(7-8-18-5-3-14-4-6-18)10-9-15-17(2)12(19)11(10)13/h9,14H,3-8H2,1-2H3. The highest BCUT2D eigenvalue weighted by Gasteiger charge is 2.13. The first-order chi connectivity index (χ1) is 9.09. The van der Waals surface area contributed by atoms with Gasteiger partial charge in [-0.25, -0.2) is 4.68 Å². The molecule has 0 aliphatic carbocycles. The first-order valence-electron chi connectivity index (χ1n) is 6.45. The molecule has 0 unspecified atom stereocenters. The van der Waals surface area contributed by atoms with Crippen LogP contribution in [0.2, 0.25) is 0 Å². The zero-order chi connectivity index (χ0) is 13.8. The molecule has 1 aliphatic heterocycles. The zero-order valence-electron chi connectivity index (χ0n) is 11.4. The summed E-state index contributed by atoms with van der Waals surface area (Å²) in [5.41, 5.74) is 0.741. The molecular formula is C12H20BrN5O. The fraction of sp³-hybridized carbons (Fsp3) is 0.667. The third kappa shape index (κ3) is 3.55. The van der Waals surface area contributed by atoms with Crippen LogP contribution in [0, 0.1) is 0 Å². The number of aryl methyl sites for hydroxylation is 1. The molecule has 0 saturated carbocycles. The van der Waals surface area contributed by atoms with Gasteiger partial charge in [-0.05, 0) is 15.9 Å². The molecule has 0 amide bonds. The van der Waals surface area contributed by atoms with Crippen LogP contribution in [0.3, 0.4) is 0 Å². The monoisotopic (exact) mass is 329 g/mol. The Morgan fingerprint density at radius 1 is 1.47 bits per heavy atom. The minimum Gasteiger partial charge on any atom is -0.371 e. The van der Waals surface area contributed by atoms with Crippen molar-refractivity contribution in [1.29, 1.82) is 0 Å². The highest BCUT2D eigenvalue weighted by molar-refractivity contribution is 9.10. The van der Waals surface area contributed by atoms with Gasteiger partial charge in [-0.2, -0.15) is 5.10 Å². The molecule has 0 atom stereocenters. The smallest absolute Gasteiger partial charge is 0.282 e. The topological polar surface area (TPSA) is 53.4 Å². The van der Waals surface area contributed by atoms with Gasteiger partial charge in [0, 0.05) is 53.4 Å². The lowest BCUT2D eigenvalue weighted by molar-refractivity contribution is 0.246. The maximum atomic E-state index is 11.8. The summed E-state index contributed by atoms with van der Waals surface area (Å²) in [6, 6.07) is 0. The fourth-order valence-corrected chi connectivity index (χ4v) is 2.78. The quantitative estimate of drug-likeness (QED) is 0.835. The highest BCUT2D eigenvalue weighted by Crippen LogP contribution is 2.19. The zero-order valence-corrected chi connectivity index (χ0v) is 13.0. The molecule has 0 aromatic carbocycles. The van der Waals surface area contributed by atoms with Crippen LogP contribution in [-0.2, 0) is 7.05 Å². The van der Waals surface area contributed by atoms with Crippen molar-refractivity contribution in [2.24, 2.45) is 7.05 Å². The van der Waals surface area contributed by atoms with Gasteiger partial charge in [0.05, 0.1) is 11.9 Å². The van der Waals surface area contributed by atoms with Crippen molar-refractivity contribution in [3.05, 3.63) is 21.0 Å². The molecule has 1 fully saturated rings. The Bertz CT molecular complexity index is 483. The Kier molecular flexibility index (Phi) is 4.95. The van der Waals surface area contributed by atoms with E-state index in [1.165, 1.54) is 4.68 Å². The molecule has 0 spiro atoms. The van der Waals surface area contributed by atoms with Gasteiger partial charge >= 0.3 is 0 Å². The van der Waals surface area contributed by atoms with Gasteiger partial charge in [0.15, 0.2) is 0 Å². The minimum absolute atomic E-state index is 0.105. The van der Waals surface area contributed by atoms with E-state index in [1.807, 2.05) is 7.05 Å². The number of piperazine rings is 1. The number of nitrogens with zero attached hydrogens (tertiary/aromatic N) is 4. The Labute approximate surface area is 121 Å². The minimum atomic E-state index is -0.105. The second kappa shape index (κ2) is 6.49.